The second-order valence-electron chi connectivity index (χ2n) is 2.14. The maximum atomic E-state index is 11.8. The van der Waals surface area contributed by atoms with Gasteiger partial charge < -0.3 is 10.5 Å². The van der Waals surface area contributed by atoms with E-state index in [1.807, 2.05) is 0 Å². The molecule has 0 bridgehead atoms. The number of pyridine rings is 1. The lowest BCUT2D eigenvalue weighted by Gasteiger charge is -2.06. The molecule has 6 heteroatoms. The summed E-state index contributed by atoms with van der Waals surface area (Å²) in [6, 6.07) is 1.43. The van der Waals surface area contributed by atoms with E-state index in [9.17, 15) is 8.78 Å². The van der Waals surface area contributed by atoms with Gasteiger partial charge >= 0.3 is 6.61 Å². The molecule has 0 aliphatic carbocycles. The Morgan fingerprint density at radius 3 is 2.85 bits per heavy atom. The molecule has 13 heavy (non-hydrogen) atoms. The predicted octanol–water partition coefficient (Wildman–Crippen LogP) is 1.99. The summed E-state index contributed by atoms with van der Waals surface area (Å²) in [4.78, 5) is 4.32. The van der Waals surface area contributed by atoms with Crippen LogP contribution in [-0.4, -0.2) is 17.9 Å². The van der Waals surface area contributed by atoms with Gasteiger partial charge in [-0.1, -0.05) is 0 Å². The summed E-state index contributed by atoms with van der Waals surface area (Å²) < 4.78 is 27.7. The molecular formula is C7H8F2N2OS. The standard InChI is InChI=1S/C7H8F2N2OS/c1-13-5-2-4(12-7(8)9)3-11-6(5)10/h2-3,7H,1H3,(H2,10,11). The lowest BCUT2D eigenvalue weighted by molar-refractivity contribution is -0.0502. The molecule has 0 aromatic carbocycles. The van der Waals surface area contributed by atoms with Gasteiger partial charge in [0.2, 0.25) is 0 Å². The van der Waals surface area contributed by atoms with Crippen molar-refractivity contribution in [3.05, 3.63) is 12.3 Å². The van der Waals surface area contributed by atoms with Gasteiger partial charge in [0, 0.05) is 0 Å². The number of ether oxygens (including phenoxy) is 1. The molecule has 3 nitrogen and oxygen atoms in total. The number of hydrogen-bond acceptors (Lipinski definition) is 4. The van der Waals surface area contributed by atoms with Gasteiger partial charge in [0.05, 0.1) is 11.1 Å². The SMILES string of the molecule is CSc1cc(OC(F)F)cnc1N. The summed E-state index contributed by atoms with van der Waals surface area (Å²) >= 11 is 1.32. The fraction of sp³-hybridized carbons (Fsp3) is 0.286. The summed E-state index contributed by atoms with van der Waals surface area (Å²) in [7, 11) is 0. The molecular weight excluding hydrogens is 198 g/mol. The summed E-state index contributed by atoms with van der Waals surface area (Å²) in [5, 5.41) is 0. The highest BCUT2D eigenvalue weighted by molar-refractivity contribution is 7.98. The summed E-state index contributed by atoms with van der Waals surface area (Å²) in [5.74, 6) is 0.336. The van der Waals surface area contributed by atoms with E-state index < -0.39 is 6.61 Å². The average molecular weight is 206 g/mol. The number of halogens is 2. The zero-order valence-corrected chi connectivity index (χ0v) is 7.65. The van der Waals surface area contributed by atoms with E-state index in [2.05, 4.69) is 9.72 Å². The molecule has 0 spiro atoms. The van der Waals surface area contributed by atoms with Crippen molar-refractivity contribution in [1.29, 1.82) is 0 Å². The second-order valence-corrected chi connectivity index (χ2v) is 2.99. The third kappa shape index (κ3) is 2.73. The van der Waals surface area contributed by atoms with Crippen LogP contribution < -0.4 is 10.5 Å². The van der Waals surface area contributed by atoms with Crippen molar-refractivity contribution in [3.63, 3.8) is 0 Å². The van der Waals surface area contributed by atoms with Crippen LogP contribution in [0.15, 0.2) is 17.2 Å². The van der Waals surface area contributed by atoms with Crippen LogP contribution in [-0.2, 0) is 0 Å². The maximum Gasteiger partial charge on any atom is 0.387 e. The normalized spacial score (nSPS) is 10.5. The van der Waals surface area contributed by atoms with Crippen molar-refractivity contribution in [1.82, 2.24) is 4.98 Å². The lowest BCUT2D eigenvalue weighted by atomic mass is 10.4. The number of nitrogens with zero attached hydrogens (tertiary/aromatic N) is 1. The Bertz CT molecular complexity index is 296. The Morgan fingerprint density at radius 1 is 1.62 bits per heavy atom. The van der Waals surface area contributed by atoms with Crippen LogP contribution in [0.5, 0.6) is 5.75 Å². The number of nitrogen functional groups attached to an aromatic ring is 1. The largest absolute Gasteiger partial charge is 0.433 e. The minimum absolute atomic E-state index is 0.0218. The number of alkyl halides is 2. The molecule has 0 atom stereocenters. The van der Waals surface area contributed by atoms with E-state index in [0.717, 1.165) is 0 Å². The number of thioether (sulfide) groups is 1. The first kappa shape index (κ1) is 10.0. The third-order valence-electron chi connectivity index (χ3n) is 1.30. The zero-order chi connectivity index (χ0) is 9.84. The second kappa shape index (κ2) is 4.27. The van der Waals surface area contributed by atoms with Gasteiger partial charge in [-0.2, -0.15) is 8.78 Å². The van der Waals surface area contributed by atoms with Crippen molar-refractivity contribution in [2.24, 2.45) is 0 Å². The quantitative estimate of drug-likeness (QED) is 0.768. The Hall–Kier alpha value is -1.04. The fourth-order valence-electron chi connectivity index (χ4n) is 0.768. The molecule has 0 fully saturated rings. The topological polar surface area (TPSA) is 48.1 Å². The highest BCUT2D eigenvalue weighted by Crippen LogP contribution is 2.25. The smallest absolute Gasteiger partial charge is 0.387 e. The van der Waals surface area contributed by atoms with Gasteiger partial charge in [-0.25, -0.2) is 4.98 Å². The zero-order valence-electron chi connectivity index (χ0n) is 6.83. The number of anilines is 1. The van der Waals surface area contributed by atoms with Crippen molar-refractivity contribution in [2.75, 3.05) is 12.0 Å². The Kier molecular flexibility index (Phi) is 3.30. The maximum absolute atomic E-state index is 11.8. The minimum atomic E-state index is -2.83. The van der Waals surface area contributed by atoms with Crippen molar-refractivity contribution >= 4 is 17.6 Å². The molecule has 2 N–H and O–H groups in total. The van der Waals surface area contributed by atoms with Crippen molar-refractivity contribution < 1.29 is 13.5 Å². The lowest BCUT2D eigenvalue weighted by Crippen LogP contribution is -2.03. The molecule has 0 amide bonds. The fourth-order valence-corrected chi connectivity index (χ4v) is 1.26. The van der Waals surface area contributed by atoms with Crippen molar-refractivity contribution in [3.8, 4) is 5.75 Å². The van der Waals surface area contributed by atoms with Gasteiger partial charge in [0.1, 0.15) is 11.6 Å². The summed E-state index contributed by atoms with van der Waals surface area (Å²) in [6.45, 7) is -2.83. The average Bonchev–Trinajstić information content (AvgIpc) is 2.07. The van der Waals surface area contributed by atoms with Crippen molar-refractivity contribution in [2.45, 2.75) is 11.5 Å². The molecule has 1 heterocycles. The molecule has 0 unspecified atom stereocenters. The number of aromatic nitrogens is 1. The van der Waals surface area contributed by atoms with Crippen LogP contribution in [0.3, 0.4) is 0 Å². The molecule has 0 saturated heterocycles. The predicted molar refractivity (Wildman–Crippen MR) is 47.1 cm³/mol. The highest BCUT2D eigenvalue weighted by Gasteiger charge is 2.07. The van der Waals surface area contributed by atoms with E-state index in [-0.39, 0.29) is 5.75 Å². The number of rotatable bonds is 3. The van der Waals surface area contributed by atoms with Crippen LogP contribution >= 0.6 is 11.8 Å². The first-order valence-corrected chi connectivity index (χ1v) is 4.60. The third-order valence-corrected chi connectivity index (χ3v) is 2.07. The summed E-state index contributed by atoms with van der Waals surface area (Å²) in [5.41, 5.74) is 5.46. The van der Waals surface area contributed by atoms with Gasteiger partial charge in [-0.3, -0.25) is 0 Å². The first-order chi connectivity index (χ1) is 6.13. The molecule has 0 aliphatic rings. The van der Waals surface area contributed by atoms with Crippen LogP contribution in [0.25, 0.3) is 0 Å². The molecule has 72 valence electrons. The van der Waals surface area contributed by atoms with E-state index in [1.54, 1.807) is 6.26 Å². The van der Waals surface area contributed by atoms with E-state index in [0.29, 0.717) is 10.7 Å². The van der Waals surface area contributed by atoms with Gasteiger partial charge in [-0.05, 0) is 12.3 Å². The molecule has 0 aliphatic heterocycles. The van der Waals surface area contributed by atoms with Crippen LogP contribution in [0.2, 0.25) is 0 Å². The molecule has 1 aromatic rings. The van der Waals surface area contributed by atoms with E-state index in [1.165, 1.54) is 24.0 Å². The first-order valence-electron chi connectivity index (χ1n) is 3.38. The van der Waals surface area contributed by atoms with Crippen LogP contribution in [0, 0.1) is 0 Å². The van der Waals surface area contributed by atoms with Crippen LogP contribution in [0.4, 0.5) is 14.6 Å². The van der Waals surface area contributed by atoms with E-state index >= 15 is 0 Å². The Morgan fingerprint density at radius 2 is 2.31 bits per heavy atom. The monoisotopic (exact) mass is 206 g/mol. The molecule has 0 radical (unpaired) electrons. The highest BCUT2D eigenvalue weighted by atomic mass is 32.2. The molecule has 1 aromatic heterocycles. The number of hydrogen-bond donors (Lipinski definition) is 1. The number of nitrogens with two attached hydrogens (primary N) is 1. The van der Waals surface area contributed by atoms with Crippen LogP contribution in [0.1, 0.15) is 0 Å². The van der Waals surface area contributed by atoms with Gasteiger partial charge in [0.25, 0.3) is 0 Å². The van der Waals surface area contributed by atoms with E-state index in [4.69, 9.17) is 5.73 Å². The summed E-state index contributed by atoms with van der Waals surface area (Å²) in [6.07, 6.45) is 2.95. The van der Waals surface area contributed by atoms with Gasteiger partial charge in [-0.15, -0.1) is 11.8 Å². The van der Waals surface area contributed by atoms with Gasteiger partial charge in [0.15, 0.2) is 0 Å². The molecule has 0 saturated carbocycles. The molecule has 1 rings (SSSR count). The Labute approximate surface area is 78.3 Å². The Balaban J connectivity index is 2.86. The minimum Gasteiger partial charge on any atom is -0.433 e.